The molecule has 5 nitrogen and oxygen atoms in total. The van der Waals surface area contributed by atoms with E-state index in [4.69, 9.17) is 0 Å². The third-order valence-corrected chi connectivity index (χ3v) is 5.74. The second kappa shape index (κ2) is 7.05. The molecule has 0 unspecified atom stereocenters. The van der Waals surface area contributed by atoms with Gasteiger partial charge < -0.3 is 19.8 Å². The summed E-state index contributed by atoms with van der Waals surface area (Å²) in [6.45, 7) is 11.5. The van der Waals surface area contributed by atoms with Crippen LogP contribution in [0, 0.1) is 11.8 Å². The third-order valence-electron chi connectivity index (χ3n) is 4.91. The van der Waals surface area contributed by atoms with E-state index in [0.717, 1.165) is 31.3 Å². The fraction of sp³-hybridized carbons (Fsp3) is 0.800. The normalized spacial score (nSPS) is 28.4. The minimum Gasteiger partial charge on any atom is -0.396 e. The molecule has 118 valence electrons. The van der Waals surface area contributed by atoms with Gasteiger partial charge in [-0.2, -0.15) is 0 Å². The van der Waals surface area contributed by atoms with Crippen LogP contribution in [-0.4, -0.2) is 78.9 Å². The van der Waals surface area contributed by atoms with Crippen LogP contribution >= 0.6 is 11.3 Å². The molecule has 0 aliphatic carbocycles. The van der Waals surface area contributed by atoms with E-state index < -0.39 is 0 Å². The molecule has 0 amide bonds. The SMILES string of the molecule is CCN1CCN(C[C@@H]2CN(c3nccs3)C[C@@H]2CO)CC1. The van der Waals surface area contributed by atoms with Crippen molar-refractivity contribution in [1.82, 2.24) is 14.8 Å². The van der Waals surface area contributed by atoms with E-state index in [0.29, 0.717) is 18.4 Å². The van der Waals surface area contributed by atoms with Crippen LogP contribution in [0.4, 0.5) is 5.13 Å². The Morgan fingerprint density at radius 3 is 2.52 bits per heavy atom. The molecule has 0 radical (unpaired) electrons. The molecule has 2 aliphatic heterocycles. The molecule has 0 spiro atoms. The predicted octanol–water partition coefficient (Wildman–Crippen LogP) is 0.825. The largest absolute Gasteiger partial charge is 0.396 e. The number of anilines is 1. The number of nitrogens with zero attached hydrogens (tertiary/aromatic N) is 4. The summed E-state index contributed by atoms with van der Waals surface area (Å²) in [6, 6.07) is 0. The van der Waals surface area contributed by atoms with E-state index in [2.05, 4.69) is 26.6 Å². The van der Waals surface area contributed by atoms with Gasteiger partial charge in [-0.3, -0.25) is 0 Å². The maximum atomic E-state index is 9.69. The summed E-state index contributed by atoms with van der Waals surface area (Å²) in [5.74, 6) is 0.949. The standard InChI is InChI=1S/C15H26N4OS/c1-2-17-4-6-18(7-5-17)9-13-10-19(11-14(13)12-20)15-16-3-8-21-15/h3,8,13-14,20H,2,4-7,9-12H2,1H3/t13-,14-/m1/s1. The van der Waals surface area contributed by atoms with Gasteiger partial charge in [-0.1, -0.05) is 6.92 Å². The second-order valence-corrected chi connectivity index (χ2v) is 7.03. The molecule has 2 atom stereocenters. The molecule has 3 heterocycles. The maximum absolute atomic E-state index is 9.69. The van der Waals surface area contributed by atoms with Crippen LogP contribution < -0.4 is 4.90 Å². The van der Waals surface area contributed by atoms with E-state index in [1.165, 1.54) is 26.2 Å². The van der Waals surface area contributed by atoms with Crippen molar-refractivity contribution in [3.8, 4) is 0 Å². The lowest BCUT2D eigenvalue weighted by molar-refractivity contribution is 0.106. The lowest BCUT2D eigenvalue weighted by atomic mass is 9.96. The van der Waals surface area contributed by atoms with E-state index in [-0.39, 0.29) is 0 Å². The van der Waals surface area contributed by atoms with Gasteiger partial charge in [-0.15, -0.1) is 11.3 Å². The first kappa shape index (κ1) is 15.2. The van der Waals surface area contributed by atoms with Crippen LogP contribution in [0.1, 0.15) is 6.92 Å². The predicted molar refractivity (Wildman–Crippen MR) is 86.9 cm³/mol. The van der Waals surface area contributed by atoms with Gasteiger partial charge in [0.25, 0.3) is 0 Å². The molecule has 3 rings (SSSR count). The van der Waals surface area contributed by atoms with Crippen molar-refractivity contribution in [2.45, 2.75) is 6.92 Å². The van der Waals surface area contributed by atoms with Crippen LogP contribution in [0.15, 0.2) is 11.6 Å². The first-order valence-corrected chi connectivity index (χ1v) is 8.88. The molecule has 2 saturated heterocycles. The summed E-state index contributed by atoms with van der Waals surface area (Å²) >= 11 is 1.70. The molecule has 0 saturated carbocycles. The number of rotatable bonds is 5. The van der Waals surface area contributed by atoms with Crippen molar-refractivity contribution in [3.05, 3.63) is 11.6 Å². The molecule has 0 aromatic carbocycles. The van der Waals surface area contributed by atoms with Crippen molar-refractivity contribution in [3.63, 3.8) is 0 Å². The van der Waals surface area contributed by atoms with Gasteiger partial charge in [-0.05, 0) is 12.5 Å². The molecular weight excluding hydrogens is 284 g/mol. The molecule has 6 heteroatoms. The van der Waals surface area contributed by atoms with Crippen LogP contribution in [0.3, 0.4) is 0 Å². The number of hydrogen-bond acceptors (Lipinski definition) is 6. The highest BCUT2D eigenvalue weighted by atomic mass is 32.1. The summed E-state index contributed by atoms with van der Waals surface area (Å²) in [4.78, 5) is 11.8. The van der Waals surface area contributed by atoms with Gasteiger partial charge in [0.15, 0.2) is 5.13 Å². The Hall–Kier alpha value is -0.690. The lowest BCUT2D eigenvalue weighted by Crippen LogP contribution is -2.48. The monoisotopic (exact) mass is 310 g/mol. The van der Waals surface area contributed by atoms with Crippen LogP contribution in [0.25, 0.3) is 0 Å². The second-order valence-electron chi connectivity index (χ2n) is 6.16. The molecule has 21 heavy (non-hydrogen) atoms. The number of thiazole rings is 1. The Bertz CT molecular complexity index is 419. The maximum Gasteiger partial charge on any atom is 0.185 e. The van der Waals surface area contributed by atoms with Crippen LogP contribution in [0.5, 0.6) is 0 Å². The summed E-state index contributed by atoms with van der Waals surface area (Å²) < 4.78 is 0. The molecular formula is C15H26N4OS. The quantitative estimate of drug-likeness (QED) is 0.872. The van der Waals surface area contributed by atoms with Crippen molar-refractivity contribution in [2.24, 2.45) is 11.8 Å². The zero-order valence-corrected chi connectivity index (χ0v) is 13.6. The highest BCUT2D eigenvalue weighted by molar-refractivity contribution is 7.13. The zero-order chi connectivity index (χ0) is 14.7. The molecule has 1 N–H and O–H groups in total. The number of aromatic nitrogens is 1. The summed E-state index contributed by atoms with van der Waals surface area (Å²) in [5.41, 5.74) is 0. The summed E-state index contributed by atoms with van der Waals surface area (Å²) in [6.07, 6.45) is 1.87. The first-order valence-electron chi connectivity index (χ1n) is 8.00. The molecule has 0 bridgehead atoms. The van der Waals surface area contributed by atoms with Crippen LogP contribution in [-0.2, 0) is 0 Å². The molecule has 2 fully saturated rings. The smallest absolute Gasteiger partial charge is 0.185 e. The van der Waals surface area contributed by atoms with Gasteiger partial charge >= 0.3 is 0 Å². The summed E-state index contributed by atoms with van der Waals surface area (Å²) in [5, 5.41) is 12.8. The van der Waals surface area contributed by atoms with E-state index >= 15 is 0 Å². The minimum absolute atomic E-state index is 0.293. The average molecular weight is 310 g/mol. The van der Waals surface area contributed by atoms with Gasteiger partial charge in [0.05, 0.1) is 0 Å². The fourth-order valence-electron chi connectivity index (χ4n) is 3.50. The van der Waals surface area contributed by atoms with Gasteiger partial charge in [-0.25, -0.2) is 4.98 Å². The number of piperazine rings is 1. The van der Waals surface area contributed by atoms with Gasteiger partial charge in [0.1, 0.15) is 0 Å². The number of aliphatic hydroxyl groups is 1. The van der Waals surface area contributed by atoms with Crippen molar-refractivity contribution in [1.29, 1.82) is 0 Å². The van der Waals surface area contributed by atoms with Crippen LogP contribution in [0.2, 0.25) is 0 Å². The Labute approximate surface area is 131 Å². The van der Waals surface area contributed by atoms with E-state index in [1.54, 1.807) is 11.3 Å². The Morgan fingerprint density at radius 1 is 1.19 bits per heavy atom. The first-order chi connectivity index (χ1) is 10.3. The van der Waals surface area contributed by atoms with Gasteiger partial charge in [0, 0.05) is 69.9 Å². The Balaban J connectivity index is 1.55. The molecule has 1 aromatic rings. The average Bonchev–Trinajstić information content (AvgIpc) is 3.17. The van der Waals surface area contributed by atoms with Crippen molar-refractivity contribution in [2.75, 3.05) is 63.9 Å². The number of likely N-dealkylation sites (N-methyl/N-ethyl adjacent to an activating group) is 1. The number of hydrogen-bond donors (Lipinski definition) is 1. The highest BCUT2D eigenvalue weighted by Gasteiger charge is 2.34. The topological polar surface area (TPSA) is 42.8 Å². The van der Waals surface area contributed by atoms with Crippen molar-refractivity contribution >= 4 is 16.5 Å². The minimum atomic E-state index is 0.293. The number of aliphatic hydroxyl groups excluding tert-OH is 1. The van der Waals surface area contributed by atoms with E-state index in [1.807, 2.05) is 11.6 Å². The van der Waals surface area contributed by atoms with Gasteiger partial charge in [0.2, 0.25) is 0 Å². The summed E-state index contributed by atoms with van der Waals surface area (Å²) in [7, 11) is 0. The molecule has 1 aromatic heterocycles. The van der Waals surface area contributed by atoms with Crippen molar-refractivity contribution < 1.29 is 5.11 Å². The highest BCUT2D eigenvalue weighted by Crippen LogP contribution is 2.30. The molecule has 2 aliphatic rings. The lowest BCUT2D eigenvalue weighted by Gasteiger charge is -2.36. The zero-order valence-electron chi connectivity index (χ0n) is 12.8. The Morgan fingerprint density at radius 2 is 1.90 bits per heavy atom. The Kier molecular flexibility index (Phi) is 5.11. The van der Waals surface area contributed by atoms with E-state index in [9.17, 15) is 5.11 Å². The fourth-order valence-corrected chi connectivity index (χ4v) is 4.16. The third kappa shape index (κ3) is 3.56.